The molecule has 2 rings (SSSR count). The molecule has 1 fully saturated rings. The molecular formula is C14H20F2N2O2S. The van der Waals surface area contributed by atoms with E-state index in [1.165, 1.54) is 22.7 Å². The second-order valence-electron chi connectivity index (χ2n) is 5.50. The van der Waals surface area contributed by atoms with Crippen LogP contribution in [0.5, 0.6) is 0 Å². The summed E-state index contributed by atoms with van der Waals surface area (Å²) in [6.45, 7) is 2.80. The van der Waals surface area contributed by atoms with Crippen molar-refractivity contribution in [3.05, 3.63) is 35.4 Å². The van der Waals surface area contributed by atoms with Crippen LogP contribution in [-0.2, 0) is 10.0 Å². The summed E-state index contributed by atoms with van der Waals surface area (Å²) in [5.41, 5.74) is 0.511. The minimum absolute atomic E-state index is 0.0964. The molecule has 118 valence electrons. The SMILES string of the molecule is C[C@H](NC[C@H]1CCCN1S(C)(=O)=O)c1cc(F)cc(F)c1. The van der Waals surface area contributed by atoms with Crippen LogP contribution in [0.25, 0.3) is 0 Å². The average Bonchev–Trinajstić information content (AvgIpc) is 2.82. The lowest BCUT2D eigenvalue weighted by atomic mass is 10.1. The third-order valence-electron chi connectivity index (χ3n) is 3.79. The summed E-state index contributed by atoms with van der Waals surface area (Å²) >= 11 is 0. The van der Waals surface area contributed by atoms with E-state index in [0.717, 1.165) is 18.9 Å². The van der Waals surface area contributed by atoms with E-state index in [4.69, 9.17) is 0 Å². The first-order valence-corrected chi connectivity index (χ1v) is 8.78. The van der Waals surface area contributed by atoms with E-state index in [1.807, 2.05) is 0 Å². The van der Waals surface area contributed by atoms with E-state index in [0.29, 0.717) is 18.7 Å². The van der Waals surface area contributed by atoms with Crippen molar-refractivity contribution >= 4 is 10.0 Å². The van der Waals surface area contributed by atoms with Crippen LogP contribution in [0.2, 0.25) is 0 Å². The van der Waals surface area contributed by atoms with E-state index in [-0.39, 0.29) is 12.1 Å². The first-order valence-electron chi connectivity index (χ1n) is 6.93. The van der Waals surface area contributed by atoms with Gasteiger partial charge in [0.05, 0.1) is 6.26 Å². The Morgan fingerprint density at radius 1 is 1.33 bits per heavy atom. The number of rotatable bonds is 5. The molecule has 1 aromatic rings. The lowest BCUT2D eigenvalue weighted by molar-refractivity contribution is 0.363. The van der Waals surface area contributed by atoms with Crippen molar-refractivity contribution in [1.29, 1.82) is 0 Å². The monoisotopic (exact) mass is 318 g/mol. The number of hydrogen-bond donors (Lipinski definition) is 1. The van der Waals surface area contributed by atoms with Crippen molar-refractivity contribution in [2.45, 2.75) is 31.8 Å². The Morgan fingerprint density at radius 2 is 1.95 bits per heavy atom. The van der Waals surface area contributed by atoms with Gasteiger partial charge in [0.25, 0.3) is 0 Å². The maximum Gasteiger partial charge on any atom is 0.211 e. The maximum atomic E-state index is 13.2. The Kier molecular flexibility index (Phi) is 4.95. The highest BCUT2D eigenvalue weighted by molar-refractivity contribution is 7.88. The molecule has 1 N–H and O–H groups in total. The minimum Gasteiger partial charge on any atom is -0.309 e. The molecule has 1 aliphatic rings. The van der Waals surface area contributed by atoms with Crippen molar-refractivity contribution in [3.8, 4) is 0 Å². The zero-order valence-electron chi connectivity index (χ0n) is 12.1. The van der Waals surface area contributed by atoms with E-state index in [9.17, 15) is 17.2 Å². The number of nitrogens with one attached hydrogen (secondary N) is 1. The fourth-order valence-corrected chi connectivity index (χ4v) is 3.89. The van der Waals surface area contributed by atoms with Crippen molar-refractivity contribution in [2.24, 2.45) is 0 Å². The Labute approximate surface area is 124 Å². The van der Waals surface area contributed by atoms with Gasteiger partial charge in [-0.3, -0.25) is 0 Å². The number of benzene rings is 1. The van der Waals surface area contributed by atoms with Gasteiger partial charge in [0.2, 0.25) is 10.0 Å². The Morgan fingerprint density at radius 3 is 2.52 bits per heavy atom. The minimum atomic E-state index is -3.20. The lowest BCUT2D eigenvalue weighted by Gasteiger charge is -2.24. The van der Waals surface area contributed by atoms with Gasteiger partial charge in [0.1, 0.15) is 11.6 Å². The van der Waals surface area contributed by atoms with Crippen molar-refractivity contribution in [2.75, 3.05) is 19.3 Å². The number of nitrogens with zero attached hydrogens (tertiary/aromatic N) is 1. The molecule has 0 spiro atoms. The van der Waals surface area contributed by atoms with Crippen LogP contribution >= 0.6 is 0 Å². The highest BCUT2D eigenvalue weighted by atomic mass is 32.2. The molecule has 7 heteroatoms. The third-order valence-corrected chi connectivity index (χ3v) is 5.13. The predicted octanol–water partition coefficient (Wildman–Crippen LogP) is 2.04. The molecular weight excluding hydrogens is 298 g/mol. The molecule has 0 aromatic heterocycles. The molecule has 1 aromatic carbocycles. The topological polar surface area (TPSA) is 49.4 Å². The summed E-state index contributed by atoms with van der Waals surface area (Å²) < 4.78 is 51.2. The molecule has 0 amide bonds. The number of hydrogen-bond acceptors (Lipinski definition) is 3. The fraction of sp³-hybridized carbons (Fsp3) is 0.571. The van der Waals surface area contributed by atoms with Crippen molar-refractivity contribution < 1.29 is 17.2 Å². The molecule has 2 atom stereocenters. The third kappa shape index (κ3) is 4.21. The van der Waals surface area contributed by atoms with Gasteiger partial charge in [0, 0.05) is 31.2 Å². The summed E-state index contributed by atoms with van der Waals surface area (Å²) in [7, 11) is -3.20. The van der Waals surface area contributed by atoms with Crippen LogP contribution in [0.1, 0.15) is 31.4 Å². The van der Waals surface area contributed by atoms with Gasteiger partial charge < -0.3 is 5.32 Å². The van der Waals surface area contributed by atoms with Crippen LogP contribution in [0.3, 0.4) is 0 Å². The van der Waals surface area contributed by atoms with Crippen LogP contribution in [0, 0.1) is 11.6 Å². The predicted molar refractivity (Wildman–Crippen MR) is 77.3 cm³/mol. The summed E-state index contributed by atoms with van der Waals surface area (Å²) in [6.07, 6.45) is 2.84. The van der Waals surface area contributed by atoms with Gasteiger partial charge in [0.15, 0.2) is 0 Å². The van der Waals surface area contributed by atoms with E-state index in [2.05, 4.69) is 5.32 Å². The molecule has 0 aliphatic carbocycles. The Balaban J connectivity index is 1.99. The van der Waals surface area contributed by atoms with Crippen LogP contribution in [0.15, 0.2) is 18.2 Å². The van der Waals surface area contributed by atoms with Crippen molar-refractivity contribution in [3.63, 3.8) is 0 Å². The first-order chi connectivity index (χ1) is 9.77. The smallest absolute Gasteiger partial charge is 0.211 e. The quantitative estimate of drug-likeness (QED) is 0.904. The summed E-state index contributed by atoms with van der Waals surface area (Å²) in [5, 5.41) is 3.16. The van der Waals surface area contributed by atoms with Crippen LogP contribution < -0.4 is 5.32 Å². The van der Waals surface area contributed by atoms with Crippen LogP contribution in [-0.4, -0.2) is 38.1 Å². The number of halogens is 2. The average molecular weight is 318 g/mol. The van der Waals surface area contributed by atoms with Crippen molar-refractivity contribution in [1.82, 2.24) is 9.62 Å². The highest BCUT2D eigenvalue weighted by Crippen LogP contribution is 2.21. The first kappa shape index (κ1) is 16.3. The summed E-state index contributed by atoms with van der Waals surface area (Å²) in [6, 6.07) is 3.05. The van der Waals surface area contributed by atoms with Gasteiger partial charge in [-0.25, -0.2) is 17.2 Å². The molecule has 21 heavy (non-hydrogen) atoms. The number of sulfonamides is 1. The van der Waals surface area contributed by atoms with E-state index < -0.39 is 21.7 Å². The molecule has 1 heterocycles. The van der Waals surface area contributed by atoms with Gasteiger partial charge in [-0.15, -0.1) is 0 Å². The molecule has 4 nitrogen and oxygen atoms in total. The van der Waals surface area contributed by atoms with Gasteiger partial charge in [-0.1, -0.05) is 0 Å². The zero-order chi connectivity index (χ0) is 15.6. The maximum absolute atomic E-state index is 13.2. The molecule has 0 bridgehead atoms. The second-order valence-corrected chi connectivity index (χ2v) is 7.44. The van der Waals surface area contributed by atoms with E-state index >= 15 is 0 Å². The van der Waals surface area contributed by atoms with E-state index in [1.54, 1.807) is 6.92 Å². The normalized spacial score (nSPS) is 21.6. The standard InChI is InChI=1S/C14H20F2N2O2S/c1-10(11-6-12(15)8-13(16)7-11)17-9-14-4-3-5-18(14)21(2,19)20/h6-8,10,14,17H,3-5,9H2,1-2H3/t10-,14+/m0/s1. The largest absolute Gasteiger partial charge is 0.309 e. The Hall–Kier alpha value is -1.05. The highest BCUT2D eigenvalue weighted by Gasteiger charge is 2.31. The molecule has 0 radical (unpaired) electrons. The summed E-state index contributed by atoms with van der Waals surface area (Å²) in [4.78, 5) is 0. The van der Waals surface area contributed by atoms with Crippen LogP contribution in [0.4, 0.5) is 8.78 Å². The van der Waals surface area contributed by atoms with Gasteiger partial charge in [-0.2, -0.15) is 4.31 Å². The molecule has 0 unspecified atom stereocenters. The van der Waals surface area contributed by atoms with Gasteiger partial charge in [-0.05, 0) is 37.5 Å². The fourth-order valence-electron chi connectivity index (χ4n) is 2.71. The molecule has 1 saturated heterocycles. The second kappa shape index (κ2) is 6.37. The molecule has 0 saturated carbocycles. The Bertz CT molecular complexity index is 587. The zero-order valence-corrected chi connectivity index (χ0v) is 13.0. The molecule has 1 aliphatic heterocycles. The van der Waals surface area contributed by atoms with Gasteiger partial charge >= 0.3 is 0 Å². The lowest BCUT2D eigenvalue weighted by Crippen LogP contribution is -2.41. The summed E-state index contributed by atoms with van der Waals surface area (Å²) in [5.74, 6) is -1.23.